The predicted octanol–water partition coefficient (Wildman–Crippen LogP) is 2.84. The van der Waals surface area contributed by atoms with Crippen molar-refractivity contribution in [1.82, 2.24) is 0 Å². The van der Waals surface area contributed by atoms with Gasteiger partial charge in [0, 0.05) is 12.7 Å². The minimum atomic E-state index is -4.13. The van der Waals surface area contributed by atoms with Gasteiger partial charge in [-0.25, -0.2) is 0 Å². The third kappa shape index (κ3) is 6.92. The van der Waals surface area contributed by atoms with Gasteiger partial charge in [0.25, 0.3) is 0 Å². The Balaban J connectivity index is 2.45. The van der Waals surface area contributed by atoms with E-state index in [1.54, 1.807) is 0 Å². The molecule has 0 saturated heterocycles. The van der Waals surface area contributed by atoms with E-state index in [1.807, 2.05) is 30.3 Å². The largest absolute Gasteiger partial charge is 0.329 e. The zero-order chi connectivity index (χ0) is 14.3. The highest BCUT2D eigenvalue weighted by atomic mass is 32.2. The molecule has 0 bridgehead atoms. The van der Waals surface area contributed by atoms with Gasteiger partial charge in [-0.2, -0.15) is 0 Å². The number of rotatable bonds is 7. The molecular formula is C13H19O4PS. The lowest BCUT2D eigenvalue weighted by Gasteiger charge is -2.17. The Bertz CT molecular complexity index is 443. The molecule has 0 amide bonds. The van der Waals surface area contributed by atoms with Crippen LogP contribution in [0.4, 0.5) is 0 Å². The molecule has 0 radical (unpaired) electrons. The van der Waals surface area contributed by atoms with Crippen LogP contribution in [0.2, 0.25) is 0 Å². The van der Waals surface area contributed by atoms with Crippen molar-refractivity contribution in [3.8, 4) is 0 Å². The van der Waals surface area contributed by atoms with Crippen molar-refractivity contribution in [1.29, 1.82) is 0 Å². The monoisotopic (exact) mass is 302 g/mol. The molecule has 0 spiro atoms. The molecule has 0 aliphatic carbocycles. The average Bonchev–Trinajstić information content (AvgIpc) is 2.33. The minimum absolute atomic E-state index is 0.110. The maximum Gasteiger partial charge on any atom is 0.329 e. The van der Waals surface area contributed by atoms with Gasteiger partial charge in [0.1, 0.15) is 0 Å². The molecule has 4 nitrogen and oxygen atoms in total. The van der Waals surface area contributed by atoms with Crippen molar-refractivity contribution in [3.63, 3.8) is 0 Å². The maximum atomic E-state index is 11.4. The van der Waals surface area contributed by atoms with E-state index >= 15 is 0 Å². The Morgan fingerprint density at radius 3 is 2.47 bits per heavy atom. The Kier molecular flexibility index (Phi) is 6.80. The van der Waals surface area contributed by atoms with E-state index in [9.17, 15) is 19.1 Å². The molecular weight excluding hydrogens is 283 g/mol. The number of hydrogen-bond acceptors (Lipinski definition) is 3. The van der Waals surface area contributed by atoms with Crippen molar-refractivity contribution >= 4 is 24.5 Å². The standard InChI is InChI=1S/C13H19O4PS/c1-11(14)19-10-13(18(15,16)17)9-5-8-12-6-3-2-4-7-12/h2-4,6-7,13H,5,8-10H2,1H3,(H2,15,16,17). The van der Waals surface area contributed by atoms with Gasteiger partial charge in [0.05, 0.1) is 5.66 Å². The zero-order valence-electron chi connectivity index (χ0n) is 10.9. The van der Waals surface area contributed by atoms with Crippen molar-refractivity contribution < 1.29 is 19.1 Å². The maximum absolute atomic E-state index is 11.4. The first-order valence-corrected chi connectivity index (χ1v) is 8.79. The number of hydrogen-bond donors (Lipinski definition) is 2. The van der Waals surface area contributed by atoms with E-state index in [1.165, 1.54) is 6.92 Å². The molecule has 0 saturated carbocycles. The summed E-state index contributed by atoms with van der Waals surface area (Å²) in [6.45, 7) is 1.41. The summed E-state index contributed by atoms with van der Waals surface area (Å²) in [5, 5.41) is -0.110. The molecule has 0 aliphatic heterocycles. The SMILES string of the molecule is CC(=O)SCC(CCCc1ccccc1)P(=O)(O)O. The van der Waals surface area contributed by atoms with Gasteiger partial charge in [-0.1, -0.05) is 42.1 Å². The fourth-order valence-corrected chi connectivity index (χ4v) is 3.86. The lowest BCUT2D eigenvalue weighted by Crippen LogP contribution is -2.13. The first kappa shape index (κ1) is 16.4. The minimum Gasteiger partial charge on any atom is -0.324 e. The summed E-state index contributed by atoms with van der Waals surface area (Å²) in [5.74, 6) is 0.189. The molecule has 1 unspecified atom stereocenters. The first-order valence-electron chi connectivity index (χ1n) is 6.12. The summed E-state index contributed by atoms with van der Waals surface area (Å²) >= 11 is 0.981. The lowest BCUT2D eigenvalue weighted by atomic mass is 10.1. The Morgan fingerprint density at radius 1 is 1.32 bits per heavy atom. The van der Waals surface area contributed by atoms with Crippen LogP contribution < -0.4 is 0 Å². The highest BCUT2D eigenvalue weighted by Gasteiger charge is 2.28. The third-order valence-corrected chi connectivity index (χ3v) is 5.41. The highest BCUT2D eigenvalue weighted by molar-refractivity contribution is 8.13. The van der Waals surface area contributed by atoms with E-state index in [0.717, 1.165) is 23.7 Å². The molecule has 0 aliphatic rings. The second-order valence-corrected chi connectivity index (χ2v) is 7.53. The van der Waals surface area contributed by atoms with E-state index < -0.39 is 13.3 Å². The van der Waals surface area contributed by atoms with Crippen LogP contribution >= 0.6 is 19.4 Å². The molecule has 1 aromatic rings. The Morgan fingerprint density at radius 2 is 1.95 bits per heavy atom. The van der Waals surface area contributed by atoms with Crippen molar-refractivity contribution in [2.75, 3.05) is 5.75 Å². The summed E-state index contributed by atoms with van der Waals surface area (Å²) in [7, 11) is -4.13. The fourth-order valence-electron chi connectivity index (χ4n) is 1.75. The molecule has 0 heterocycles. The number of benzene rings is 1. The van der Waals surface area contributed by atoms with E-state index in [-0.39, 0.29) is 10.9 Å². The summed E-state index contributed by atoms with van der Waals surface area (Å²) in [5.41, 5.74) is 0.427. The molecule has 6 heteroatoms. The van der Waals surface area contributed by atoms with E-state index in [4.69, 9.17) is 0 Å². The Labute approximate surface area is 117 Å². The third-order valence-electron chi connectivity index (χ3n) is 2.80. The van der Waals surface area contributed by atoms with Gasteiger partial charge < -0.3 is 9.79 Å². The normalized spacial score (nSPS) is 13.2. The molecule has 0 aromatic heterocycles. The molecule has 2 N–H and O–H groups in total. The molecule has 1 atom stereocenters. The molecule has 106 valence electrons. The van der Waals surface area contributed by atoms with Crippen LogP contribution in [0.25, 0.3) is 0 Å². The van der Waals surface area contributed by atoms with Crippen LogP contribution in [0, 0.1) is 0 Å². The van der Waals surface area contributed by atoms with Gasteiger partial charge in [-0.05, 0) is 24.8 Å². The summed E-state index contributed by atoms with van der Waals surface area (Å²) in [6.07, 6.45) is 1.93. The topological polar surface area (TPSA) is 74.6 Å². The van der Waals surface area contributed by atoms with Crippen LogP contribution in [-0.4, -0.2) is 26.3 Å². The summed E-state index contributed by atoms with van der Waals surface area (Å²) in [4.78, 5) is 29.4. The molecule has 0 fully saturated rings. The van der Waals surface area contributed by atoms with Gasteiger partial charge in [0.2, 0.25) is 0 Å². The molecule has 1 aromatic carbocycles. The van der Waals surface area contributed by atoms with Crippen LogP contribution in [-0.2, 0) is 15.8 Å². The van der Waals surface area contributed by atoms with E-state index in [0.29, 0.717) is 12.8 Å². The number of thioether (sulfide) groups is 1. The van der Waals surface area contributed by atoms with Crippen molar-refractivity contribution in [3.05, 3.63) is 35.9 Å². The van der Waals surface area contributed by atoms with Crippen LogP contribution in [0.3, 0.4) is 0 Å². The summed E-state index contributed by atoms with van der Waals surface area (Å²) < 4.78 is 11.4. The fraction of sp³-hybridized carbons (Fsp3) is 0.462. The number of aryl methyl sites for hydroxylation is 1. The average molecular weight is 302 g/mol. The summed E-state index contributed by atoms with van der Waals surface area (Å²) in [6, 6.07) is 9.82. The van der Waals surface area contributed by atoms with Crippen molar-refractivity contribution in [2.24, 2.45) is 0 Å². The van der Waals surface area contributed by atoms with Crippen LogP contribution in [0.1, 0.15) is 25.3 Å². The molecule has 1 rings (SSSR count). The number of carbonyl (C=O) groups excluding carboxylic acids is 1. The second kappa shape index (κ2) is 7.85. The molecule has 19 heavy (non-hydrogen) atoms. The first-order chi connectivity index (χ1) is 8.89. The van der Waals surface area contributed by atoms with Gasteiger partial charge in [-0.3, -0.25) is 9.36 Å². The number of carbonyl (C=O) groups is 1. The van der Waals surface area contributed by atoms with Crippen molar-refractivity contribution in [2.45, 2.75) is 31.8 Å². The predicted molar refractivity (Wildman–Crippen MR) is 78.4 cm³/mol. The Hall–Kier alpha value is -0.610. The zero-order valence-corrected chi connectivity index (χ0v) is 12.6. The van der Waals surface area contributed by atoms with Crippen LogP contribution in [0.15, 0.2) is 30.3 Å². The highest BCUT2D eigenvalue weighted by Crippen LogP contribution is 2.45. The quantitative estimate of drug-likeness (QED) is 0.758. The lowest BCUT2D eigenvalue weighted by molar-refractivity contribution is -0.109. The van der Waals surface area contributed by atoms with E-state index in [2.05, 4.69) is 0 Å². The second-order valence-electron chi connectivity index (χ2n) is 4.42. The smallest absolute Gasteiger partial charge is 0.324 e. The van der Waals surface area contributed by atoms with Gasteiger partial charge >= 0.3 is 7.60 Å². The van der Waals surface area contributed by atoms with Gasteiger partial charge in [-0.15, -0.1) is 0 Å². The van der Waals surface area contributed by atoms with Crippen LogP contribution in [0.5, 0.6) is 0 Å². The van der Waals surface area contributed by atoms with Gasteiger partial charge in [0.15, 0.2) is 5.12 Å².